The van der Waals surface area contributed by atoms with Gasteiger partial charge >= 0.3 is 0 Å². The Morgan fingerprint density at radius 1 is 1.31 bits per heavy atom. The predicted molar refractivity (Wildman–Crippen MR) is 118 cm³/mol. The van der Waals surface area contributed by atoms with Crippen LogP contribution in [0.5, 0.6) is 5.75 Å². The van der Waals surface area contributed by atoms with Gasteiger partial charge in [0.05, 0.1) is 13.1 Å². The fourth-order valence-electron chi connectivity index (χ4n) is 1.88. The Labute approximate surface area is 174 Å². The van der Waals surface area contributed by atoms with E-state index in [9.17, 15) is 4.79 Å². The van der Waals surface area contributed by atoms with Crippen LogP contribution < -0.4 is 15.4 Å². The van der Waals surface area contributed by atoms with Crippen LogP contribution in [-0.4, -0.2) is 50.6 Å². The normalized spacial score (nSPS) is 10.7. The second-order valence-electron chi connectivity index (χ2n) is 6.29. The fraction of sp³-hybridized carbons (Fsp3) is 0.474. The highest BCUT2D eigenvalue weighted by atomic mass is 127. The van der Waals surface area contributed by atoms with Gasteiger partial charge in [0.25, 0.3) is 0 Å². The van der Waals surface area contributed by atoms with E-state index in [1.807, 2.05) is 24.3 Å². The number of likely N-dealkylation sites (N-methyl/N-ethyl adjacent to an activating group) is 1. The molecule has 0 radical (unpaired) electrons. The van der Waals surface area contributed by atoms with Crippen molar-refractivity contribution in [2.75, 3.05) is 33.8 Å². The van der Waals surface area contributed by atoms with Crippen molar-refractivity contribution in [1.29, 1.82) is 0 Å². The molecule has 0 heterocycles. The molecule has 7 heteroatoms. The molecule has 0 atom stereocenters. The molecular weight excluding hydrogens is 443 g/mol. The van der Waals surface area contributed by atoms with Gasteiger partial charge in [0.2, 0.25) is 5.91 Å². The van der Waals surface area contributed by atoms with Crippen molar-refractivity contribution in [3.8, 4) is 5.75 Å². The number of nitrogens with one attached hydrogen (secondary N) is 2. The molecule has 1 rings (SSSR count). The molecule has 0 aromatic heterocycles. The first-order valence-corrected chi connectivity index (χ1v) is 8.48. The number of ether oxygens (including phenoxy) is 1. The summed E-state index contributed by atoms with van der Waals surface area (Å²) in [5.74, 6) is 1.87. The minimum atomic E-state index is -0.00577. The topological polar surface area (TPSA) is 66.0 Å². The van der Waals surface area contributed by atoms with Crippen LogP contribution in [0.3, 0.4) is 0 Å². The number of hydrogen-bond donors (Lipinski definition) is 2. The first kappa shape index (κ1) is 24.2. The molecule has 6 nitrogen and oxygen atoms in total. The molecule has 0 aliphatic carbocycles. The van der Waals surface area contributed by atoms with E-state index >= 15 is 0 Å². The Morgan fingerprint density at radius 2 is 2.00 bits per heavy atom. The van der Waals surface area contributed by atoms with Gasteiger partial charge in [-0.25, -0.2) is 4.99 Å². The van der Waals surface area contributed by atoms with E-state index in [2.05, 4.69) is 36.1 Å². The molecule has 0 aliphatic rings. The molecule has 0 aliphatic heterocycles. The maximum atomic E-state index is 11.8. The Kier molecular flexibility index (Phi) is 12.5. The third-order valence-corrected chi connectivity index (χ3v) is 3.32. The number of benzene rings is 1. The Morgan fingerprint density at radius 3 is 2.62 bits per heavy atom. The molecule has 0 saturated carbocycles. The number of nitrogens with zero attached hydrogens (tertiary/aromatic N) is 2. The molecule has 0 spiro atoms. The van der Waals surface area contributed by atoms with Gasteiger partial charge in [-0.05, 0) is 12.0 Å². The van der Waals surface area contributed by atoms with Crippen LogP contribution in [0.4, 0.5) is 0 Å². The second-order valence-corrected chi connectivity index (χ2v) is 6.29. The lowest BCUT2D eigenvalue weighted by Crippen LogP contribution is -2.44. The number of halogens is 1. The third kappa shape index (κ3) is 9.65. The molecule has 146 valence electrons. The fourth-order valence-corrected chi connectivity index (χ4v) is 1.88. The average molecular weight is 474 g/mol. The standard InChI is InChI=1S/C19H30N4O2.HI/c1-6-11-25-17-10-8-7-9-16(17)13-21-19(20-12-15(2)3)22-14-18(24)23(4)5;/h6-10,15H,1,11-14H2,2-5H3,(H2,20,21,22);1H. The summed E-state index contributed by atoms with van der Waals surface area (Å²) >= 11 is 0. The number of carbonyl (C=O) groups is 1. The van der Waals surface area contributed by atoms with Gasteiger partial charge in [0.1, 0.15) is 12.4 Å². The molecule has 0 saturated heterocycles. The number of guanidine groups is 1. The summed E-state index contributed by atoms with van der Waals surface area (Å²) in [4.78, 5) is 17.9. The lowest BCUT2D eigenvalue weighted by Gasteiger charge is -2.16. The highest BCUT2D eigenvalue weighted by Crippen LogP contribution is 2.18. The Hall–Kier alpha value is -1.77. The zero-order chi connectivity index (χ0) is 18.7. The van der Waals surface area contributed by atoms with Gasteiger partial charge in [0, 0.05) is 26.2 Å². The molecule has 1 aromatic rings. The minimum Gasteiger partial charge on any atom is -0.489 e. The zero-order valence-electron chi connectivity index (χ0n) is 16.1. The van der Waals surface area contributed by atoms with E-state index in [-0.39, 0.29) is 36.4 Å². The van der Waals surface area contributed by atoms with Crippen LogP contribution in [0.2, 0.25) is 0 Å². The summed E-state index contributed by atoms with van der Waals surface area (Å²) < 4.78 is 5.66. The minimum absolute atomic E-state index is 0. The summed E-state index contributed by atoms with van der Waals surface area (Å²) in [6.07, 6.45) is 1.71. The van der Waals surface area contributed by atoms with Crippen LogP contribution in [0.1, 0.15) is 19.4 Å². The molecule has 1 amide bonds. The maximum absolute atomic E-state index is 11.8. The molecule has 2 N–H and O–H groups in total. The van der Waals surface area contributed by atoms with Crippen molar-refractivity contribution < 1.29 is 9.53 Å². The van der Waals surface area contributed by atoms with Crippen LogP contribution in [0.25, 0.3) is 0 Å². The van der Waals surface area contributed by atoms with Crippen molar-refractivity contribution in [3.05, 3.63) is 42.5 Å². The summed E-state index contributed by atoms with van der Waals surface area (Å²) in [6.45, 7) is 9.79. The van der Waals surface area contributed by atoms with Gasteiger partial charge in [-0.2, -0.15) is 0 Å². The van der Waals surface area contributed by atoms with E-state index in [1.165, 1.54) is 0 Å². The maximum Gasteiger partial charge on any atom is 0.241 e. The first-order chi connectivity index (χ1) is 11.9. The summed E-state index contributed by atoms with van der Waals surface area (Å²) in [5, 5.41) is 6.34. The largest absolute Gasteiger partial charge is 0.489 e. The van der Waals surface area contributed by atoms with Crippen molar-refractivity contribution >= 4 is 35.8 Å². The Bertz CT molecular complexity index is 589. The summed E-state index contributed by atoms with van der Waals surface area (Å²) in [7, 11) is 3.46. The summed E-state index contributed by atoms with van der Waals surface area (Å²) in [6, 6.07) is 7.78. The van der Waals surface area contributed by atoms with E-state index in [4.69, 9.17) is 4.74 Å². The van der Waals surface area contributed by atoms with Crippen LogP contribution in [-0.2, 0) is 11.3 Å². The van der Waals surface area contributed by atoms with Crippen LogP contribution in [0.15, 0.2) is 41.9 Å². The van der Waals surface area contributed by atoms with Gasteiger partial charge in [-0.15, -0.1) is 24.0 Å². The summed E-state index contributed by atoms with van der Waals surface area (Å²) in [5.41, 5.74) is 0.980. The van der Waals surface area contributed by atoms with Crippen molar-refractivity contribution in [2.24, 2.45) is 10.9 Å². The van der Waals surface area contributed by atoms with E-state index < -0.39 is 0 Å². The molecule has 0 fully saturated rings. The lowest BCUT2D eigenvalue weighted by atomic mass is 10.2. The smallest absolute Gasteiger partial charge is 0.241 e. The first-order valence-electron chi connectivity index (χ1n) is 8.48. The highest BCUT2D eigenvalue weighted by Gasteiger charge is 2.07. The van der Waals surface area contributed by atoms with Crippen molar-refractivity contribution in [2.45, 2.75) is 20.4 Å². The molecule has 26 heavy (non-hydrogen) atoms. The number of aliphatic imine (C=N–C) groups is 1. The lowest BCUT2D eigenvalue weighted by molar-refractivity contribution is -0.127. The van der Waals surface area contributed by atoms with Crippen molar-refractivity contribution in [1.82, 2.24) is 15.5 Å². The number of carbonyl (C=O) groups excluding carboxylic acids is 1. The quantitative estimate of drug-likeness (QED) is 0.250. The number of rotatable bonds is 9. The van der Waals surface area contributed by atoms with Gasteiger partial charge in [-0.1, -0.05) is 44.7 Å². The highest BCUT2D eigenvalue weighted by molar-refractivity contribution is 14.0. The SMILES string of the molecule is C=CCOc1ccccc1CN=C(NCC(=O)N(C)C)NCC(C)C.I. The van der Waals surface area contributed by atoms with Gasteiger partial charge in [0.15, 0.2) is 5.96 Å². The third-order valence-electron chi connectivity index (χ3n) is 3.32. The van der Waals surface area contributed by atoms with E-state index in [0.29, 0.717) is 25.0 Å². The van der Waals surface area contributed by atoms with Crippen LogP contribution in [0, 0.1) is 5.92 Å². The van der Waals surface area contributed by atoms with Gasteiger partial charge < -0.3 is 20.3 Å². The van der Waals surface area contributed by atoms with E-state index in [0.717, 1.165) is 17.9 Å². The molecule has 0 bridgehead atoms. The molecule has 0 unspecified atom stereocenters. The van der Waals surface area contributed by atoms with E-state index in [1.54, 1.807) is 25.1 Å². The predicted octanol–water partition coefficient (Wildman–Crippen LogP) is 2.65. The molecular formula is C19H31IN4O2. The number of hydrogen-bond acceptors (Lipinski definition) is 3. The second kappa shape index (κ2) is 13.4. The average Bonchev–Trinajstić information content (AvgIpc) is 2.59. The zero-order valence-corrected chi connectivity index (χ0v) is 18.4. The molecule has 1 aromatic carbocycles. The number of amides is 1. The van der Waals surface area contributed by atoms with Crippen LogP contribution >= 0.6 is 24.0 Å². The van der Waals surface area contributed by atoms with Crippen molar-refractivity contribution in [3.63, 3.8) is 0 Å². The Balaban J connectivity index is 0.00000625. The number of para-hydroxylation sites is 1. The van der Waals surface area contributed by atoms with Gasteiger partial charge in [-0.3, -0.25) is 4.79 Å². The monoisotopic (exact) mass is 474 g/mol.